The number of hydrogen-bond acceptors (Lipinski definition) is 4. The number of anilines is 1. The SMILES string of the molecule is O=C1CC(n2ccnc2-c2cc3n(n2)CCCNC3)CN1c1ccc(F)cc1. The molecule has 28 heavy (non-hydrogen) atoms. The third-order valence-corrected chi connectivity index (χ3v) is 5.43. The van der Waals surface area contributed by atoms with E-state index >= 15 is 0 Å². The average molecular weight is 380 g/mol. The number of amides is 1. The van der Waals surface area contributed by atoms with Crippen LogP contribution in [-0.2, 0) is 17.9 Å². The highest BCUT2D eigenvalue weighted by Crippen LogP contribution is 2.31. The Bertz CT molecular complexity index is 985. The summed E-state index contributed by atoms with van der Waals surface area (Å²) >= 11 is 0. The molecule has 1 fully saturated rings. The minimum Gasteiger partial charge on any atom is -0.324 e. The number of fused-ring (bicyclic) bond motifs is 1. The normalized spacial score (nSPS) is 19.7. The van der Waals surface area contributed by atoms with Gasteiger partial charge in [0.15, 0.2) is 5.82 Å². The van der Waals surface area contributed by atoms with Crippen molar-refractivity contribution in [1.82, 2.24) is 24.6 Å². The van der Waals surface area contributed by atoms with Crippen LogP contribution >= 0.6 is 0 Å². The summed E-state index contributed by atoms with van der Waals surface area (Å²) < 4.78 is 17.3. The summed E-state index contributed by atoms with van der Waals surface area (Å²) in [6.07, 6.45) is 5.09. The summed E-state index contributed by atoms with van der Waals surface area (Å²) in [5.41, 5.74) is 2.70. The molecule has 2 aromatic heterocycles. The first kappa shape index (κ1) is 17.1. The predicted octanol–water partition coefficient (Wildman–Crippen LogP) is 2.36. The quantitative estimate of drug-likeness (QED) is 0.758. The molecule has 0 saturated carbocycles. The predicted molar refractivity (Wildman–Crippen MR) is 102 cm³/mol. The number of halogens is 1. The van der Waals surface area contributed by atoms with Crippen molar-refractivity contribution in [1.29, 1.82) is 0 Å². The van der Waals surface area contributed by atoms with E-state index in [-0.39, 0.29) is 17.8 Å². The summed E-state index contributed by atoms with van der Waals surface area (Å²) in [7, 11) is 0. The fourth-order valence-corrected chi connectivity index (χ4v) is 4.02. The zero-order valence-electron chi connectivity index (χ0n) is 15.4. The molecule has 8 heteroatoms. The van der Waals surface area contributed by atoms with Gasteiger partial charge in [-0.25, -0.2) is 9.37 Å². The second-order valence-corrected chi connectivity index (χ2v) is 7.27. The van der Waals surface area contributed by atoms with Crippen LogP contribution in [0.15, 0.2) is 42.7 Å². The molecule has 0 radical (unpaired) electrons. The lowest BCUT2D eigenvalue weighted by molar-refractivity contribution is -0.117. The Labute approximate surface area is 161 Å². The van der Waals surface area contributed by atoms with Crippen molar-refractivity contribution < 1.29 is 9.18 Å². The molecule has 1 aromatic carbocycles. The molecule has 4 heterocycles. The second-order valence-electron chi connectivity index (χ2n) is 7.27. The largest absolute Gasteiger partial charge is 0.324 e. The van der Waals surface area contributed by atoms with Crippen LogP contribution in [-0.4, -0.2) is 38.3 Å². The molecular formula is C20H21FN6O. The monoisotopic (exact) mass is 380 g/mol. The number of nitrogens with zero attached hydrogens (tertiary/aromatic N) is 5. The highest BCUT2D eigenvalue weighted by molar-refractivity contribution is 5.96. The average Bonchev–Trinajstić information content (AvgIpc) is 3.38. The number of nitrogens with one attached hydrogen (secondary N) is 1. The fraction of sp³-hybridized carbons (Fsp3) is 0.350. The van der Waals surface area contributed by atoms with E-state index in [0.717, 1.165) is 49.0 Å². The molecule has 5 rings (SSSR count). The molecule has 1 saturated heterocycles. The number of aryl methyl sites for hydroxylation is 1. The topological polar surface area (TPSA) is 68.0 Å². The molecule has 2 aliphatic rings. The summed E-state index contributed by atoms with van der Waals surface area (Å²) in [6.45, 7) is 3.22. The molecule has 1 N–H and O–H groups in total. The van der Waals surface area contributed by atoms with Crippen molar-refractivity contribution in [2.75, 3.05) is 18.0 Å². The van der Waals surface area contributed by atoms with Crippen LogP contribution in [0.1, 0.15) is 24.6 Å². The van der Waals surface area contributed by atoms with E-state index in [1.165, 1.54) is 12.1 Å². The number of carbonyl (C=O) groups is 1. The first-order valence-corrected chi connectivity index (χ1v) is 9.55. The van der Waals surface area contributed by atoms with Gasteiger partial charge in [0.2, 0.25) is 5.91 Å². The van der Waals surface area contributed by atoms with Gasteiger partial charge in [-0.05, 0) is 43.3 Å². The van der Waals surface area contributed by atoms with E-state index in [1.807, 2.05) is 15.4 Å². The lowest BCUT2D eigenvalue weighted by atomic mass is 10.2. The molecule has 1 unspecified atom stereocenters. The maximum Gasteiger partial charge on any atom is 0.229 e. The number of carbonyl (C=O) groups excluding carboxylic acids is 1. The maximum atomic E-state index is 13.2. The first-order chi connectivity index (χ1) is 13.7. The minimum absolute atomic E-state index is 0.0288. The van der Waals surface area contributed by atoms with Crippen molar-refractivity contribution in [3.63, 3.8) is 0 Å². The third-order valence-electron chi connectivity index (χ3n) is 5.43. The summed E-state index contributed by atoms with van der Waals surface area (Å²) in [5, 5.41) is 8.14. The lowest BCUT2D eigenvalue weighted by Gasteiger charge is -2.18. The summed E-state index contributed by atoms with van der Waals surface area (Å²) in [5.74, 6) is 0.498. The van der Waals surface area contributed by atoms with Crippen molar-refractivity contribution in [3.05, 3.63) is 54.2 Å². The zero-order chi connectivity index (χ0) is 19.1. The van der Waals surface area contributed by atoms with Gasteiger partial charge < -0.3 is 14.8 Å². The van der Waals surface area contributed by atoms with Crippen molar-refractivity contribution >= 4 is 11.6 Å². The molecule has 144 valence electrons. The molecule has 2 aliphatic heterocycles. The van der Waals surface area contributed by atoms with Gasteiger partial charge in [0.05, 0.1) is 11.7 Å². The van der Waals surface area contributed by atoms with Crippen LogP contribution in [0.25, 0.3) is 11.5 Å². The minimum atomic E-state index is -0.308. The first-order valence-electron chi connectivity index (χ1n) is 9.55. The van der Waals surface area contributed by atoms with E-state index in [9.17, 15) is 9.18 Å². The molecule has 1 amide bonds. The molecule has 0 bridgehead atoms. The van der Waals surface area contributed by atoms with Crippen molar-refractivity contribution in [3.8, 4) is 11.5 Å². The Morgan fingerprint density at radius 1 is 1.21 bits per heavy atom. The van der Waals surface area contributed by atoms with E-state index < -0.39 is 0 Å². The van der Waals surface area contributed by atoms with Gasteiger partial charge in [0, 0.05) is 44.1 Å². The molecular weight excluding hydrogens is 359 g/mol. The Balaban J connectivity index is 1.42. The Kier molecular flexibility index (Phi) is 4.20. The molecule has 3 aromatic rings. The van der Waals surface area contributed by atoms with Crippen LogP contribution in [0, 0.1) is 5.82 Å². The fourth-order valence-electron chi connectivity index (χ4n) is 4.02. The van der Waals surface area contributed by atoms with Gasteiger partial charge in [0.25, 0.3) is 0 Å². The van der Waals surface area contributed by atoms with Gasteiger partial charge in [-0.3, -0.25) is 9.48 Å². The highest BCUT2D eigenvalue weighted by Gasteiger charge is 2.33. The van der Waals surface area contributed by atoms with Crippen LogP contribution in [0.3, 0.4) is 0 Å². The van der Waals surface area contributed by atoms with E-state index in [0.29, 0.717) is 13.0 Å². The van der Waals surface area contributed by atoms with E-state index in [1.54, 1.807) is 23.2 Å². The number of benzene rings is 1. The van der Waals surface area contributed by atoms with Gasteiger partial charge >= 0.3 is 0 Å². The van der Waals surface area contributed by atoms with Gasteiger partial charge in [-0.1, -0.05) is 0 Å². The Hall–Kier alpha value is -3.00. The summed E-state index contributed by atoms with van der Waals surface area (Å²) in [4.78, 5) is 18.8. The Morgan fingerprint density at radius 3 is 2.93 bits per heavy atom. The van der Waals surface area contributed by atoms with Crippen LogP contribution < -0.4 is 10.2 Å². The maximum absolute atomic E-state index is 13.2. The molecule has 1 atom stereocenters. The zero-order valence-corrected chi connectivity index (χ0v) is 15.4. The van der Waals surface area contributed by atoms with Gasteiger partial charge in [-0.15, -0.1) is 0 Å². The van der Waals surface area contributed by atoms with Crippen LogP contribution in [0.4, 0.5) is 10.1 Å². The molecule has 0 aliphatic carbocycles. The number of rotatable bonds is 3. The smallest absolute Gasteiger partial charge is 0.229 e. The number of imidazole rings is 1. The standard InChI is InChI=1S/C20H21FN6O/c21-14-2-4-15(5-3-14)26-13-17(11-19(26)28)25-9-7-23-20(25)18-10-16-12-22-6-1-8-27(16)24-18/h2-5,7,9-10,17,22H,1,6,8,11-13H2. The lowest BCUT2D eigenvalue weighted by Crippen LogP contribution is -2.24. The molecule has 0 spiro atoms. The number of hydrogen-bond donors (Lipinski definition) is 1. The summed E-state index contributed by atoms with van der Waals surface area (Å²) in [6, 6.07) is 8.09. The number of aromatic nitrogens is 4. The van der Waals surface area contributed by atoms with Crippen LogP contribution in [0.2, 0.25) is 0 Å². The molecule has 7 nitrogen and oxygen atoms in total. The van der Waals surface area contributed by atoms with Gasteiger partial charge in [0.1, 0.15) is 11.5 Å². The van der Waals surface area contributed by atoms with Crippen molar-refractivity contribution in [2.24, 2.45) is 0 Å². The van der Waals surface area contributed by atoms with Crippen molar-refractivity contribution in [2.45, 2.75) is 32.0 Å². The van der Waals surface area contributed by atoms with Crippen LogP contribution in [0.5, 0.6) is 0 Å². The van der Waals surface area contributed by atoms with E-state index in [4.69, 9.17) is 5.10 Å². The second kappa shape index (κ2) is 6.87. The highest BCUT2D eigenvalue weighted by atomic mass is 19.1. The van der Waals surface area contributed by atoms with Gasteiger partial charge in [-0.2, -0.15) is 5.10 Å². The van der Waals surface area contributed by atoms with E-state index in [2.05, 4.69) is 16.4 Å². The Morgan fingerprint density at radius 2 is 2.07 bits per heavy atom. The third kappa shape index (κ3) is 2.99.